The topological polar surface area (TPSA) is 93.5 Å². The van der Waals surface area contributed by atoms with Crippen molar-refractivity contribution in [3.8, 4) is 0 Å². The molecule has 0 saturated carbocycles. The standard InChI is InChI=1S/C20H23N3O3S/c21-20(25)23-15-9-7-14(8-10-15)12-22-19(24)17-5-1-2-6-18(17)27-13-16-4-3-11-26-16/h1-2,5-10,16H,3-4,11-13H2,(H,22,24)(H3,21,23,25)/t16-/m1/s1. The number of hydrogen-bond donors (Lipinski definition) is 3. The molecule has 2 aromatic rings. The van der Waals surface area contributed by atoms with Gasteiger partial charge in [-0.2, -0.15) is 0 Å². The van der Waals surface area contributed by atoms with Crippen LogP contribution in [0.3, 0.4) is 0 Å². The van der Waals surface area contributed by atoms with Crippen LogP contribution in [0.2, 0.25) is 0 Å². The summed E-state index contributed by atoms with van der Waals surface area (Å²) in [6.45, 7) is 1.24. The molecule has 3 rings (SSSR count). The molecule has 7 heteroatoms. The van der Waals surface area contributed by atoms with Gasteiger partial charge < -0.3 is 21.1 Å². The Bertz CT molecular complexity index is 789. The highest BCUT2D eigenvalue weighted by atomic mass is 32.2. The summed E-state index contributed by atoms with van der Waals surface area (Å²) in [5, 5.41) is 5.45. The average molecular weight is 385 g/mol. The molecule has 3 amide bonds. The van der Waals surface area contributed by atoms with Crippen molar-refractivity contribution in [2.45, 2.75) is 30.4 Å². The lowest BCUT2D eigenvalue weighted by Crippen LogP contribution is -2.23. The fraction of sp³-hybridized carbons (Fsp3) is 0.300. The van der Waals surface area contributed by atoms with E-state index in [1.54, 1.807) is 23.9 Å². The van der Waals surface area contributed by atoms with Crippen molar-refractivity contribution in [1.82, 2.24) is 5.32 Å². The van der Waals surface area contributed by atoms with Crippen LogP contribution >= 0.6 is 11.8 Å². The third-order valence-corrected chi connectivity index (χ3v) is 5.46. The van der Waals surface area contributed by atoms with Crippen molar-refractivity contribution in [2.24, 2.45) is 5.73 Å². The summed E-state index contributed by atoms with van der Waals surface area (Å²) in [5.41, 5.74) is 7.31. The summed E-state index contributed by atoms with van der Waals surface area (Å²) >= 11 is 1.66. The van der Waals surface area contributed by atoms with Crippen molar-refractivity contribution >= 4 is 29.4 Å². The maximum absolute atomic E-state index is 12.6. The first-order valence-electron chi connectivity index (χ1n) is 8.89. The molecule has 1 atom stereocenters. The van der Waals surface area contributed by atoms with E-state index in [4.69, 9.17) is 10.5 Å². The Balaban J connectivity index is 1.56. The third-order valence-electron chi connectivity index (χ3n) is 4.25. The predicted molar refractivity (Wildman–Crippen MR) is 107 cm³/mol. The van der Waals surface area contributed by atoms with Gasteiger partial charge >= 0.3 is 6.03 Å². The van der Waals surface area contributed by atoms with Gasteiger partial charge in [-0.05, 0) is 42.7 Å². The van der Waals surface area contributed by atoms with E-state index in [2.05, 4.69) is 10.6 Å². The van der Waals surface area contributed by atoms with Gasteiger partial charge in [-0.3, -0.25) is 4.79 Å². The zero-order chi connectivity index (χ0) is 19.1. The van der Waals surface area contributed by atoms with E-state index in [1.807, 2.05) is 36.4 Å². The molecular formula is C20H23N3O3S. The van der Waals surface area contributed by atoms with E-state index in [0.29, 0.717) is 17.8 Å². The largest absolute Gasteiger partial charge is 0.377 e. The van der Waals surface area contributed by atoms with Crippen LogP contribution < -0.4 is 16.4 Å². The van der Waals surface area contributed by atoms with Crippen LogP contribution in [0.15, 0.2) is 53.4 Å². The molecule has 0 aliphatic carbocycles. The molecule has 6 nitrogen and oxygen atoms in total. The number of urea groups is 1. The highest BCUT2D eigenvalue weighted by Crippen LogP contribution is 2.26. The van der Waals surface area contributed by atoms with E-state index >= 15 is 0 Å². The van der Waals surface area contributed by atoms with Gasteiger partial charge in [0.1, 0.15) is 0 Å². The zero-order valence-corrected chi connectivity index (χ0v) is 15.8. The number of rotatable bonds is 7. The number of ether oxygens (including phenoxy) is 1. The van der Waals surface area contributed by atoms with Crippen LogP contribution in [0.4, 0.5) is 10.5 Å². The second kappa shape index (κ2) is 9.43. The molecule has 142 valence electrons. The number of hydrogen-bond acceptors (Lipinski definition) is 4. The number of nitrogens with one attached hydrogen (secondary N) is 2. The maximum Gasteiger partial charge on any atom is 0.316 e. The molecule has 2 aromatic carbocycles. The number of anilines is 1. The van der Waals surface area contributed by atoms with Gasteiger partial charge in [0, 0.05) is 29.5 Å². The Morgan fingerprint density at radius 1 is 1.15 bits per heavy atom. The van der Waals surface area contributed by atoms with Gasteiger partial charge in [0.05, 0.1) is 11.7 Å². The molecule has 27 heavy (non-hydrogen) atoms. The molecule has 0 bridgehead atoms. The minimum atomic E-state index is -0.604. The van der Waals surface area contributed by atoms with Crippen LogP contribution in [0.1, 0.15) is 28.8 Å². The first kappa shape index (κ1) is 19.3. The van der Waals surface area contributed by atoms with Crippen molar-refractivity contribution in [3.63, 3.8) is 0 Å². The first-order valence-corrected chi connectivity index (χ1v) is 9.87. The summed E-state index contributed by atoms with van der Waals surface area (Å²) in [7, 11) is 0. The molecule has 1 heterocycles. The number of thioether (sulfide) groups is 1. The minimum Gasteiger partial charge on any atom is -0.377 e. The monoisotopic (exact) mass is 385 g/mol. The summed E-state index contributed by atoms with van der Waals surface area (Å²) in [5.74, 6) is 0.753. The third kappa shape index (κ3) is 5.74. The lowest BCUT2D eigenvalue weighted by Gasteiger charge is -2.12. The van der Waals surface area contributed by atoms with Crippen molar-refractivity contribution in [2.75, 3.05) is 17.7 Å². The van der Waals surface area contributed by atoms with Crippen molar-refractivity contribution in [3.05, 3.63) is 59.7 Å². The molecule has 4 N–H and O–H groups in total. The van der Waals surface area contributed by atoms with Crippen molar-refractivity contribution < 1.29 is 14.3 Å². The molecular weight excluding hydrogens is 362 g/mol. The lowest BCUT2D eigenvalue weighted by molar-refractivity contribution is 0.0947. The Kier molecular flexibility index (Phi) is 6.73. The van der Waals surface area contributed by atoms with Gasteiger partial charge in [-0.25, -0.2) is 4.79 Å². The second-order valence-electron chi connectivity index (χ2n) is 6.31. The van der Waals surface area contributed by atoms with Gasteiger partial charge in [0.2, 0.25) is 0 Å². The Morgan fingerprint density at radius 3 is 2.63 bits per heavy atom. The van der Waals surface area contributed by atoms with Crippen molar-refractivity contribution in [1.29, 1.82) is 0 Å². The Hall–Kier alpha value is -2.51. The smallest absolute Gasteiger partial charge is 0.316 e. The van der Waals surface area contributed by atoms with Crippen LogP contribution in [0, 0.1) is 0 Å². The highest BCUT2D eigenvalue weighted by molar-refractivity contribution is 7.99. The fourth-order valence-electron chi connectivity index (χ4n) is 2.86. The molecule has 0 aromatic heterocycles. The fourth-order valence-corrected chi connectivity index (χ4v) is 3.98. The number of benzene rings is 2. The zero-order valence-electron chi connectivity index (χ0n) is 14.9. The number of primary amides is 1. The van der Waals surface area contributed by atoms with Crippen LogP contribution in [0.5, 0.6) is 0 Å². The summed E-state index contributed by atoms with van der Waals surface area (Å²) in [6, 6.07) is 14.2. The van der Waals surface area contributed by atoms with E-state index in [-0.39, 0.29) is 12.0 Å². The quantitative estimate of drug-likeness (QED) is 0.637. The predicted octanol–water partition coefficient (Wildman–Crippen LogP) is 3.38. The van der Waals surface area contributed by atoms with E-state index < -0.39 is 6.03 Å². The first-order chi connectivity index (χ1) is 13.1. The number of nitrogens with two attached hydrogens (primary N) is 1. The lowest BCUT2D eigenvalue weighted by atomic mass is 10.2. The number of amides is 3. The highest BCUT2D eigenvalue weighted by Gasteiger charge is 2.17. The Morgan fingerprint density at radius 2 is 1.93 bits per heavy atom. The van der Waals surface area contributed by atoms with E-state index in [9.17, 15) is 9.59 Å². The molecule has 0 spiro atoms. The maximum atomic E-state index is 12.6. The normalized spacial score (nSPS) is 16.1. The number of carbonyl (C=O) groups is 2. The molecule has 1 aliphatic heterocycles. The van der Waals surface area contributed by atoms with Crippen LogP contribution in [0.25, 0.3) is 0 Å². The number of carbonyl (C=O) groups excluding carboxylic acids is 2. The molecule has 1 saturated heterocycles. The minimum absolute atomic E-state index is 0.107. The van der Waals surface area contributed by atoms with Gasteiger partial charge in [0.25, 0.3) is 5.91 Å². The summed E-state index contributed by atoms with van der Waals surface area (Å²) < 4.78 is 5.66. The summed E-state index contributed by atoms with van der Waals surface area (Å²) in [6.07, 6.45) is 2.47. The van der Waals surface area contributed by atoms with Crippen LogP contribution in [-0.4, -0.2) is 30.4 Å². The van der Waals surface area contributed by atoms with E-state index in [1.165, 1.54) is 0 Å². The second-order valence-corrected chi connectivity index (χ2v) is 7.37. The van der Waals surface area contributed by atoms with Crippen LogP contribution in [-0.2, 0) is 11.3 Å². The van der Waals surface area contributed by atoms with Gasteiger partial charge in [0.15, 0.2) is 0 Å². The molecule has 0 unspecified atom stereocenters. The average Bonchev–Trinajstić information content (AvgIpc) is 3.19. The molecule has 0 radical (unpaired) electrons. The summed E-state index contributed by atoms with van der Waals surface area (Å²) in [4.78, 5) is 24.4. The van der Waals surface area contributed by atoms with E-state index in [0.717, 1.165) is 35.7 Å². The molecule has 1 aliphatic rings. The van der Waals surface area contributed by atoms with Gasteiger partial charge in [-0.15, -0.1) is 11.8 Å². The Labute approximate surface area is 162 Å². The van der Waals surface area contributed by atoms with Gasteiger partial charge in [-0.1, -0.05) is 24.3 Å². The SMILES string of the molecule is NC(=O)Nc1ccc(CNC(=O)c2ccccc2SC[C@H]2CCCO2)cc1. The molecule has 1 fully saturated rings.